The summed E-state index contributed by atoms with van der Waals surface area (Å²) < 4.78 is 11.0. The smallest absolute Gasteiger partial charge is 0.259 e. The van der Waals surface area contributed by atoms with Crippen LogP contribution in [0.3, 0.4) is 0 Å². The van der Waals surface area contributed by atoms with Gasteiger partial charge in [0.15, 0.2) is 11.6 Å². The number of benzene rings is 1. The number of likely N-dealkylation sites (tertiary alicyclic amines) is 1. The van der Waals surface area contributed by atoms with Crippen LogP contribution in [0.15, 0.2) is 34.9 Å². The van der Waals surface area contributed by atoms with E-state index in [0.29, 0.717) is 50.0 Å². The van der Waals surface area contributed by atoms with Crippen LogP contribution in [0.25, 0.3) is 11.3 Å². The van der Waals surface area contributed by atoms with E-state index in [0.717, 1.165) is 18.7 Å². The minimum atomic E-state index is -0.612. The van der Waals surface area contributed by atoms with Crippen LogP contribution in [-0.4, -0.2) is 79.7 Å². The van der Waals surface area contributed by atoms with E-state index in [1.54, 1.807) is 0 Å². The minimum Gasteiger partial charge on any atom is -0.390 e. The third-order valence-electron chi connectivity index (χ3n) is 5.66. The van der Waals surface area contributed by atoms with Crippen molar-refractivity contribution in [3.8, 4) is 11.3 Å². The van der Waals surface area contributed by atoms with E-state index in [9.17, 15) is 9.90 Å². The Morgan fingerprint density at radius 3 is 2.57 bits per heavy atom. The van der Waals surface area contributed by atoms with Crippen molar-refractivity contribution < 1.29 is 19.2 Å². The highest BCUT2D eigenvalue weighted by Crippen LogP contribution is 2.31. The molecule has 2 fully saturated rings. The normalized spacial score (nSPS) is 18.9. The van der Waals surface area contributed by atoms with E-state index in [-0.39, 0.29) is 12.5 Å². The molecule has 1 atom stereocenters. The van der Waals surface area contributed by atoms with Crippen molar-refractivity contribution in [2.45, 2.75) is 25.4 Å². The van der Waals surface area contributed by atoms with Crippen LogP contribution in [0.4, 0.5) is 5.82 Å². The topological polar surface area (TPSA) is 91.1 Å². The van der Waals surface area contributed by atoms with Crippen molar-refractivity contribution in [2.24, 2.45) is 0 Å². The van der Waals surface area contributed by atoms with Gasteiger partial charge in [0.2, 0.25) is 0 Å². The lowest BCUT2D eigenvalue weighted by molar-refractivity contribution is 0.0830. The van der Waals surface area contributed by atoms with E-state index >= 15 is 0 Å². The number of morpholine rings is 1. The summed E-state index contributed by atoms with van der Waals surface area (Å²) in [6, 6.07) is 9.50. The first-order valence-corrected chi connectivity index (χ1v) is 10.8. The van der Waals surface area contributed by atoms with Gasteiger partial charge in [-0.3, -0.25) is 4.79 Å². The molecule has 1 aromatic heterocycles. The highest BCUT2D eigenvalue weighted by molar-refractivity contribution is 6.04. The fourth-order valence-corrected chi connectivity index (χ4v) is 4.07. The van der Waals surface area contributed by atoms with Gasteiger partial charge in [-0.25, -0.2) is 0 Å². The maximum absolute atomic E-state index is 13.2. The number of aliphatic hydroxyl groups is 1. The Bertz CT molecular complexity index is 814. The van der Waals surface area contributed by atoms with E-state index in [2.05, 4.69) is 15.4 Å². The zero-order valence-corrected chi connectivity index (χ0v) is 17.3. The standard InChI is InChI=1S/C22H30N4O4/c27-18(16-25-9-5-2-6-10-25)15-23-22(28)19-20(17-7-3-1-4-8-17)30-24-21(19)26-11-13-29-14-12-26/h1,3-4,7-8,18,27H,2,5-6,9-16H2,(H,23,28). The first kappa shape index (κ1) is 20.8. The molecule has 1 unspecified atom stereocenters. The lowest BCUT2D eigenvalue weighted by Crippen LogP contribution is -2.42. The van der Waals surface area contributed by atoms with Gasteiger partial charge in [-0.05, 0) is 25.9 Å². The van der Waals surface area contributed by atoms with Gasteiger partial charge in [-0.2, -0.15) is 0 Å². The van der Waals surface area contributed by atoms with Gasteiger partial charge < -0.3 is 29.5 Å². The average Bonchev–Trinajstić information content (AvgIpc) is 3.25. The Kier molecular flexibility index (Phi) is 6.99. The van der Waals surface area contributed by atoms with E-state index in [1.165, 1.54) is 19.3 Å². The maximum atomic E-state index is 13.2. The Morgan fingerprint density at radius 2 is 1.83 bits per heavy atom. The molecule has 30 heavy (non-hydrogen) atoms. The van der Waals surface area contributed by atoms with Crippen LogP contribution in [-0.2, 0) is 4.74 Å². The number of nitrogens with one attached hydrogen (secondary N) is 1. The van der Waals surface area contributed by atoms with Crippen LogP contribution in [0, 0.1) is 0 Å². The van der Waals surface area contributed by atoms with E-state index < -0.39 is 6.10 Å². The molecule has 8 nitrogen and oxygen atoms in total. The van der Waals surface area contributed by atoms with Crippen LogP contribution in [0.5, 0.6) is 0 Å². The predicted molar refractivity (Wildman–Crippen MR) is 114 cm³/mol. The number of carbonyl (C=O) groups is 1. The molecule has 1 amide bonds. The number of hydrogen-bond donors (Lipinski definition) is 2. The second-order valence-corrected chi connectivity index (χ2v) is 7.90. The summed E-state index contributed by atoms with van der Waals surface area (Å²) in [4.78, 5) is 17.4. The monoisotopic (exact) mass is 414 g/mol. The molecule has 4 rings (SSSR count). The number of carbonyl (C=O) groups excluding carboxylic acids is 1. The van der Waals surface area contributed by atoms with Crippen molar-refractivity contribution >= 4 is 11.7 Å². The number of hydrogen-bond acceptors (Lipinski definition) is 7. The molecule has 0 saturated carbocycles. The third-order valence-corrected chi connectivity index (χ3v) is 5.66. The number of ether oxygens (including phenoxy) is 1. The molecule has 2 aromatic rings. The second-order valence-electron chi connectivity index (χ2n) is 7.90. The van der Waals surface area contributed by atoms with Crippen molar-refractivity contribution in [3.63, 3.8) is 0 Å². The molecule has 0 bridgehead atoms. The van der Waals surface area contributed by atoms with Gasteiger partial charge in [0.25, 0.3) is 5.91 Å². The fourth-order valence-electron chi connectivity index (χ4n) is 4.07. The zero-order valence-electron chi connectivity index (χ0n) is 17.3. The number of amides is 1. The van der Waals surface area contributed by atoms with Crippen LogP contribution in [0.2, 0.25) is 0 Å². The zero-order chi connectivity index (χ0) is 20.8. The Hall–Kier alpha value is -2.42. The fraction of sp³-hybridized carbons (Fsp3) is 0.545. The molecule has 8 heteroatoms. The van der Waals surface area contributed by atoms with Crippen molar-refractivity contribution in [3.05, 3.63) is 35.9 Å². The molecule has 2 N–H and O–H groups in total. The molecule has 2 saturated heterocycles. The van der Waals surface area contributed by atoms with E-state index in [4.69, 9.17) is 9.26 Å². The number of aliphatic hydroxyl groups excluding tert-OH is 1. The predicted octanol–water partition coefficient (Wildman–Crippen LogP) is 1.75. The van der Waals surface area contributed by atoms with Gasteiger partial charge in [0.1, 0.15) is 5.56 Å². The molecule has 3 heterocycles. The molecule has 1 aromatic carbocycles. The summed E-state index contributed by atoms with van der Waals surface area (Å²) >= 11 is 0. The summed E-state index contributed by atoms with van der Waals surface area (Å²) in [5.41, 5.74) is 1.21. The summed E-state index contributed by atoms with van der Waals surface area (Å²) in [6.07, 6.45) is 2.98. The molecule has 2 aliphatic heterocycles. The molecular formula is C22H30N4O4. The Balaban J connectivity index is 1.48. The van der Waals surface area contributed by atoms with Gasteiger partial charge in [-0.15, -0.1) is 0 Å². The molecule has 162 valence electrons. The van der Waals surface area contributed by atoms with Crippen molar-refractivity contribution in [1.82, 2.24) is 15.4 Å². The first-order chi connectivity index (χ1) is 14.7. The molecule has 0 radical (unpaired) electrons. The van der Waals surface area contributed by atoms with Gasteiger partial charge >= 0.3 is 0 Å². The number of piperidine rings is 1. The Labute approximate surface area is 176 Å². The van der Waals surface area contributed by atoms with Crippen molar-refractivity contribution in [1.29, 1.82) is 0 Å². The lowest BCUT2D eigenvalue weighted by Gasteiger charge is -2.28. The van der Waals surface area contributed by atoms with Gasteiger partial charge in [-0.1, -0.05) is 41.9 Å². The van der Waals surface area contributed by atoms with Gasteiger partial charge in [0, 0.05) is 31.7 Å². The summed E-state index contributed by atoms with van der Waals surface area (Å²) in [6.45, 7) is 5.26. The number of anilines is 1. The quantitative estimate of drug-likeness (QED) is 0.713. The molecule has 0 aliphatic carbocycles. The summed E-state index contributed by atoms with van der Waals surface area (Å²) in [5, 5.41) is 17.5. The SMILES string of the molecule is O=C(NCC(O)CN1CCCCC1)c1c(N2CCOCC2)noc1-c1ccccc1. The van der Waals surface area contributed by atoms with Crippen LogP contribution in [0.1, 0.15) is 29.6 Å². The summed E-state index contributed by atoms with van der Waals surface area (Å²) in [7, 11) is 0. The van der Waals surface area contributed by atoms with Crippen LogP contribution < -0.4 is 10.2 Å². The largest absolute Gasteiger partial charge is 0.390 e. The van der Waals surface area contributed by atoms with Gasteiger partial charge in [0.05, 0.1) is 19.3 Å². The first-order valence-electron chi connectivity index (χ1n) is 10.8. The number of nitrogens with zero attached hydrogens (tertiary/aromatic N) is 3. The Morgan fingerprint density at radius 1 is 1.10 bits per heavy atom. The minimum absolute atomic E-state index is 0.192. The van der Waals surface area contributed by atoms with Crippen molar-refractivity contribution in [2.75, 3.05) is 57.4 Å². The molecule has 2 aliphatic rings. The highest BCUT2D eigenvalue weighted by atomic mass is 16.5. The number of aromatic nitrogens is 1. The second kappa shape index (κ2) is 10.1. The maximum Gasteiger partial charge on any atom is 0.259 e. The van der Waals surface area contributed by atoms with Crippen LogP contribution >= 0.6 is 0 Å². The average molecular weight is 415 g/mol. The third kappa shape index (κ3) is 5.00. The van der Waals surface area contributed by atoms with E-state index in [1.807, 2.05) is 35.2 Å². The highest BCUT2D eigenvalue weighted by Gasteiger charge is 2.29. The molecule has 0 spiro atoms. The number of β-amino-alcohol motifs (C(OH)–C–C–N with tert-alkyl or cyclic N) is 1. The number of rotatable bonds is 7. The lowest BCUT2D eigenvalue weighted by atomic mass is 10.1. The molecular weight excluding hydrogens is 384 g/mol. The summed E-state index contributed by atoms with van der Waals surface area (Å²) in [5.74, 6) is 0.689.